The fraction of sp³-hybridized carbons (Fsp3) is 0.600. The van der Waals surface area contributed by atoms with Crippen LogP contribution in [0.4, 0.5) is 0 Å². The van der Waals surface area contributed by atoms with Gasteiger partial charge in [0.05, 0.1) is 24.4 Å². The van der Waals surface area contributed by atoms with E-state index in [1.54, 1.807) is 0 Å². The lowest BCUT2D eigenvalue weighted by Gasteiger charge is -2.42. The monoisotopic (exact) mass is 248 g/mol. The van der Waals surface area contributed by atoms with Crippen molar-refractivity contribution in [3.8, 4) is 5.75 Å². The van der Waals surface area contributed by atoms with Crippen molar-refractivity contribution in [3.05, 3.63) is 29.3 Å². The molecule has 1 unspecified atom stereocenters. The molecule has 1 aromatic rings. The molecule has 1 aromatic carbocycles. The quantitative estimate of drug-likeness (QED) is 0.829. The summed E-state index contributed by atoms with van der Waals surface area (Å²) in [4.78, 5) is 0. The van der Waals surface area contributed by atoms with Gasteiger partial charge < -0.3 is 14.6 Å². The molecule has 3 rings (SSSR count). The van der Waals surface area contributed by atoms with Crippen LogP contribution in [-0.2, 0) is 16.8 Å². The van der Waals surface area contributed by atoms with Crippen molar-refractivity contribution in [1.29, 1.82) is 0 Å². The Labute approximate surface area is 108 Å². The molecule has 2 aliphatic rings. The molecule has 0 spiro atoms. The lowest BCUT2D eigenvalue weighted by molar-refractivity contribution is -0.148. The van der Waals surface area contributed by atoms with Gasteiger partial charge in [0.2, 0.25) is 0 Å². The van der Waals surface area contributed by atoms with Gasteiger partial charge in [-0.05, 0) is 19.4 Å². The molecule has 3 heteroatoms. The van der Waals surface area contributed by atoms with E-state index >= 15 is 0 Å². The second kappa shape index (κ2) is 3.97. The van der Waals surface area contributed by atoms with Crippen LogP contribution in [0.25, 0.3) is 0 Å². The number of ether oxygens (including phenoxy) is 2. The van der Waals surface area contributed by atoms with Crippen molar-refractivity contribution in [2.45, 2.75) is 44.3 Å². The van der Waals surface area contributed by atoms with Gasteiger partial charge in [-0.2, -0.15) is 0 Å². The molecule has 1 fully saturated rings. The fourth-order valence-electron chi connectivity index (χ4n) is 3.15. The predicted molar refractivity (Wildman–Crippen MR) is 68.8 cm³/mol. The normalized spacial score (nSPS) is 29.7. The number of para-hydroxylation sites is 1. The summed E-state index contributed by atoms with van der Waals surface area (Å²) in [6, 6.07) is 6.09. The summed E-state index contributed by atoms with van der Waals surface area (Å²) in [6.07, 6.45) is 2.19. The molecule has 0 radical (unpaired) electrons. The molecule has 3 nitrogen and oxygen atoms in total. The molecular formula is C15H20O3. The highest BCUT2D eigenvalue weighted by Crippen LogP contribution is 2.45. The van der Waals surface area contributed by atoms with Gasteiger partial charge in [0.15, 0.2) is 0 Å². The molecule has 0 bridgehead atoms. The molecule has 1 N–H and O–H groups in total. The molecule has 2 aliphatic heterocycles. The first-order chi connectivity index (χ1) is 8.50. The standard InChI is InChI=1S/C15H20O3/c1-14(2)10-15(16,7-9-18-14)12-5-3-4-11-6-8-17-13(11)12/h3-5,16H,6-10H2,1-2H3. The smallest absolute Gasteiger partial charge is 0.128 e. The Bertz CT molecular complexity index is 467. The van der Waals surface area contributed by atoms with E-state index in [9.17, 15) is 5.11 Å². The van der Waals surface area contributed by atoms with Gasteiger partial charge >= 0.3 is 0 Å². The molecule has 0 aliphatic carbocycles. The van der Waals surface area contributed by atoms with Gasteiger partial charge in [-0.15, -0.1) is 0 Å². The molecule has 18 heavy (non-hydrogen) atoms. The molecule has 0 amide bonds. The Balaban J connectivity index is 2.01. The van der Waals surface area contributed by atoms with Crippen LogP contribution in [-0.4, -0.2) is 23.9 Å². The number of rotatable bonds is 1. The number of aliphatic hydroxyl groups is 1. The van der Waals surface area contributed by atoms with Gasteiger partial charge in [0.1, 0.15) is 5.75 Å². The van der Waals surface area contributed by atoms with E-state index in [0.717, 1.165) is 24.3 Å². The number of fused-ring (bicyclic) bond motifs is 1. The van der Waals surface area contributed by atoms with E-state index in [2.05, 4.69) is 6.07 Å². The zero-order chi connectivity index (χ0) is 12.8. The summed E-state index contributed by atoms with van der Waals surface area (Å²) >= 11 is 0. The maximum absolute atomic E-state index is 11.0. The summed E-state index contributed by atoms with van der Waals surface area (Å²) < 4.78 is 11.4. The zero-order valence-electron chi connectivity index (χ0n) is 11.0. The first-order valence-electron chi connectivity index (χ1n) is 6.62. The number of hydrogen-bond acceptors (Lipinski definition) is 3. The van der Waals surface area contributed by atoms with Crippen molar-refractivity contribution >= 4 is 0 Å². The first-order valence-corrected chi connectivity index (χ1v) is 6.62. The summed E-state index contributed by atoms with van der Waals surface area (Å²) in [7, 11) is 0. The SMILES string of the molecule is CC1(C)CC(O)(c2cccc3c2OCC3)CCO1. The van der Waals surface area contributed by atoms with Gasteiger partial charge in [0.25, 0.3) is 0 Å². The number of hydrogen-bond donors (Lipinski definition) is 1. The van der Waals surface area contributed by atoms with Gasteiger partial charge in [-0.3, -0.25) is 0 Å². The highest BCUT2D eigenvalue weighted by atomic mass is 16.5. The molecule has 1 saturated heterocycles. The van der Waals surface area contributed by atoms with E-state index in [0.29, 0.717) is 19.4 Å². The Morgan fingerprint density at radius 2 is 2.06 bits per heavy atom. The third-order valence-electron chi connectivity index (χ3n) is 3.94. The summed E-state index contributed by atoms with van der Waals surface area (Å²) in [6.45, 7) is 5.37. The van der Waals surface area contributed by atoms with Crippen LogP contribution >= 0.6 is 0 Å². The predicted octanol–water partition coefficient (Wildman–Crippen LogP) is 2.40. The van der Waals surface area contributed by atoms with Crippen LogP contribution in [0.1, 0.15) is 37.8 Å². The van der Waals surface area contributed by atoms with Crippen LogP contribution in [0.5, 0.6) is 5.75 Å². The minimum atomic E-state index is -0.822. The Morgan fingerprint density at radius 3 is 2.83 bits per heavy atom. The fourth-order valence-corrected chi connectivity index (χ4v) is 3.15. The average Bonchev–Trinajstić information content (AvgIpc) is 2.74. The highest BCUT2D eigenvalue weighted by Gasteiger charge is 2.43. The maximum Gasteiger partial charge on any atom is 0.128 e. The summed E-state index contributed by atoms with van der Waals surface area (Å²) in [5.41, 5.74) is 1.05. The molecular weight excluding hydrogens is 228 g/mol. The third-order valence-corrected chi connectivity index (χ3v) is 3.94. The van der Waals surface area contributed by atoms with Crippen LogP contribution in [0.3, 0.4) is 0 Å². The van der Waals surface area contributed by atoms with Crippen LogP contribution < -0.4 is 4.74 Å². The van der Waals surface area contributed by atoms with E-state index in [-0.39, 0.29) is 5.60 Å². The second-order valence-electron chi connectivity index (χ2n) is 5.96. The van der Waals surface area contributed by atoms with Gasteiger partial charge in [0, 0.05) is 24.8 Å². The minimum Gasteiger partial charge on any atom is -0.493 e. The topological polar surface area (TPSA) is 38.7 Å². The molecule has 1 atom stereocenters. The number of benzene rings is 1. The van der Waals surface area contributed by atoms with E-state index in [1.165, 1.54) is 5.56 Å². The molecule has 98 valence electrons. The highest BCUT2D eigenvalue weighted by molar-refractivity contribution is 5.47. The van der Waals surface area contributed by atoms with Gasteiger partial charge in [-0.1, -0.05) is 18.2 Å². The average molecular weight is 248 g/mol. The van der Waals surface area contributed by atoms with Crippen LogP contribution in [0.2, 0.25) is 0 Å². The molecule has 2 heterocycles. The second-order valence-corrected chi connectivity index (χ2v) is 5.96. The van der Waals surface area contributed by atoms with Crippen molar-refractivity contribution < 1.29 is 14.6 Å². The summed E-state index contributed by atoms with van der Waals surface area (Å²) in [5, 5.41) is 11.0. The van der Waals surface area contributed by atoms with Crippen LogP contribution in [0.15, 0.2) is 18.2 Å². The van der Waals surface area contributed by atoms with Crippen molar-refractivity contribution in [2.75, 3.05) is 13.2 Å². The zero-order valence-corrected chi connectivity index (χ0v) is 11.0. The minimum absolute atomic E-state index is 0.283. The van der Waals surface area contributed by atoms with Crippen LogP contribution in [0, 0.1) is 0 Å². The molecule has 0 saturated carbocycles. The first kappa shape index (κ1) is 12.0. The lowest BCUT2D eigenvalue weighted by atomic mass is 9.78. The largest absolute Gasteiger partial charge is 0.493 e. The van der Waals surface area contributed by atoms with E-state index < -0.39 is 5.60 Å². The Hall–Kier alpha value is -1.06. The van der Waals surface area contributed by atoms with Crippen molar-refractivity contribution in [2.24, 2.45) is 0 Å². The Kier molecular flexibility index (Phi) is 2.65. The van der Waals surface area contributed by atoms with Gasteiger partial charge in [-0.25, -0.2) is 0 Å². The lowest BCUT2D eigenvalue weighted by Crippen LogP contribution is -2.44. The van der Waals surface area contributed by atoms with E-state index in [1.807, 2.05) is 26.0 Å². The molecule has 0 aromatic heterocycles. The third kappa shape index (κ3) is 1.91. The summed E-state index contributed by atoms with van der Waals surface area (Å²) in [5.74, 6) is 0.901. The maximum atomic E-state index is 11.0. The van der Waals surface area contributed by atoms with Crippen molar-refractivity contribution in [1.82, 2.24) is 0 Å². The van der Waals surface area contributed by atoms with Crippen molar-refractivity contribution in [3.63, 3.8) is 0 Å². The Morgan fingerprint density at radius 1 is 1.22 bits per heavy atom. The van der Waals surface area contributed by atoms with E-state index in [4.69, 9.17) is 9.47 Å².